The second-order valence-corrected chi connectivity index (χ2v) is 2.73. The standard InChI is InChI=1S/C9H13N3O/c1-7(13)12(3)8-4-5-9(10-2)11-6-8/h4-6H,1-3H3,(H,10,11). The fourth-order valence-corrected chi connectivity index (χ4v) is 0.914. The van der Waals surface area contributed by atoms with E-state index in [2.05, 4.69) is 10.3 Å². The first kappa shape index (κ1) is 9.51. The molecule has 1 N–H and O–H groups in total. The van der Waals surface area contributed by atoms with Crippen LogP contribution in [-0.4, -0.2) is 25.0 Å². The first-order chi connectivity index (χ1) is 6.15. The Morgan fingerprint density at radius 2 is 2.23 bits per heavy atom. The summed E-state index contributed by atoms with van der Waals surface area (Å²) in [6.45, 7) is 1.52. The second kappa shape index (κ2) is 3.89. The van der Waals surface area contributed by atoms with Gasteiger partial charge in [-0.25, -0.2) is 4.98 Å². The first-order valence-corrected chi connectivity index (χ1v) is 4.03. The van der Waals surface area contributed by atoms with Crippen molar-refractivity contribution in [2.45, 2.75) is 6.92 Å². The zero-order valence-electron chi connectivity index (χ0n) is 8.03. The fraction of sp³-hybridized carbons (Fsp3) is 0.333. The van der Waals surface area contributed by atoms with Crippen LogP contribution in [0.5, 0.6) is 0 Å². The number of anilines is 2. The Morgan fingerprint density at radius 1 is 1.54 bits per heavy atom. The van der Waals surface area contributed by atoms with Gasteiger partial charge in [0.2, 0.25) is 5.91 Å². The minimum absolute atomic E-state index is 0.000919. The molecule has 0 saturated carbocycles. The molecule has 0 fully saturated rings. The lowest BCUT2D eigenvalue weighted by molar-refractivity contribution is -0.116. The zero-order chi connectivity index (χ0) is 9.84. The highest BCUT2D eigenvalue weighted by molar-refractivity contribution is 5.90. The van der Waals surface area contributed by atoms with E-state index in [-0.39, 0.29) is 5.91 Å². The number of amides is 1. The smallest absolute Gasteiger partial charge is 0.223 e. The van der Waals surface area contributed by atoms with Crippen LogP contribution in [0.2, 0.25) is 0 Å². The number of pyridine rings is 1. The highest BCUT2D eigenvalue weighted by Gasteiger charge is 2.04. The molecule has 1 heterocycles. The molecular formula is C9H13N3O. The summed E-state index contributed by atoms with van der Waals surface area (Å²) in [6, 6.07) is 3.68. The van der Waals surface area contributed by atoms with Gasteiger partial charge in [-0.05, 0) is 12.1 Å². The normalized spacial score (nSPS) is 9.46. The van der Waals surface area contributed by atoms with E-state index in [0.717, 1.165) is 11.5 Å². The molecule has 1 amide bonds. The van der Waals surface area contributed by atoms with E-state index in [1.165, 1.54) is 6.92 Å². The molecular weight excluding hydrogens is 166 g/mol. The Kier molecular flexibility index (Phi) is 2.84. The van der Waals surface area contributed by atoms with Gasteiger partial charge < -0.3 is 10.2 Å². The van der Waals surface area contributed by atoms with Crippen molar-refractivity contribution in [2.75, 3.05) is 24.3 Å². The molecule has 1 rings (SSSR count). The third-order valence-corrected chi connectivity index (χ3v) is 1.86. The molecule has 0 radical (unpaired) electrons. The topological polar surface area (TPSA) is 45.2 Å². The number of nitrogens with zero attached hydrogens (tertiary/aromatic N) is 2. The minimum Gasteiger partial charge on any atom is -0.373 e. The molecule has 0 aromatic carbocycles. The van der Waals surface area contributed by atoms with Crippen molar-refractivity contribution in [1.82, 2.24) is 4.98 Å². The van der Waals surface area contributed by atoms with Gasteiger partial charge in [-0.15, -0.1) is 0 Å². The predicted octanol–water partition coefficient (Wildman–Crippen LogP) is 1.11. The van der Waals surface area contributed by atoms with E-state index in [1.54, 1.807) is 25.2 Å². The molecule has 4 nitrogen and oxygen atoms in total. The largest absolute Gasteiger partial charge is 0.373 e. The van der Waals surface area contributed by atoms with Crippen molar-refractivity contribution in [2.24, 2.45) is 0 Å². The van der Waals surface area contributed by atoms with Crippen LogP contribution in [0.15, 0.2) is 18.3 Å². The maximum absolute atomic E-state index is 11.0. The maximum Gasteiger partial charge on any atom is 0.223 e. The van der Waals surface area contributed by atoms with Crippen LogP contribution in [-0.2, 0) is 4.79 Å². The first-order valence-electron chi connectivity index (χ1n) is 4.03. The molecule has 0 aliphatic carbocycles. The number of carbonyl (C=O) groups excluding carboxylic acids is 1. The van der Waals surface area contributed by atoms with E-state index in [0.29, 0.717) is 0 Å². The van der Waals surface area contributed by atoms with Crippen molar-refractivity contribution in [3.8, 4) is 0 Å². The molecule has 13 heavy (non-hydrogen) atoms. The van der Waals surface area contributed by atoms with E-state index in [4.69, 9.17) is 0 Å². The molecule has 1 aromatic rings. The van der Waals surface area contributed by atoms with Gasteiger partial charge in [0, 0.05) is 21.0 Å². The van der Waals surface area contributed by atoms with Gasteiger partial charge in [0.25, 0.3) is 0 Å². The quantitative estimate of drug-likeness (QED) is 0.739. The van der Waals surface area contributed by atoms with Crippen molar-refractivity contribution in [1.29, 1.82) is 0 Å². The minimum atomic E-state index is -0.000919. The number of hydrogen-bond acceptors (Lipinski definition) is 3. The second-order valence-electron chi connectivity index (χ2n) is 2.73. The Hall–Kier alpha value is -1.58. The van der Waals surface area contributed by atoms with Crippen molar-refractivity contribution in [3.05, 3.63) is 18.3 Å². The van der Waals surface area contributed by atoms with Gasteiger partial charge in [0.15, 0.2) is 0 Å². The number of hydrogen-bond donors (Lipinski definition) is 1. The highest BCUT2D eigenvalue weighted by Crippen LogP contribution is 2.12. The van der Waals surface area contributed by atoms with Gasteiger partial charge in [0.05, 0.1) is 11.9 Å². The van der Waals surface area contributed by atoms with Crippen LogP contribution >= 0.6 is 0 Å². The summed E-state index contributed by atoms with van der Waals surface area (Å²) in [4.78, 5) is 16.6. The average molecular weight is 179 g/mol. The molecule has 70 valence electrons. The Morgan fingerprint density at radius 3 is 2.62 bits per heavy atom. The molecule has 0 aliphatic rings. The molecule has 0 spiro atoms. The summed E-state index contributed by atoms with van der Waals surface area (Å²) < 4.78 is 0. The lowest BCUT2D eigenvalue weighted by Gasteiger charge is -2.14. The molecule has 4 heteroatoms. The van der Waals surface area contributed by atoms with E-state index in [9.17, 15) is 4.79 Å². The van der Waals surface area contributed by atoms with E-state index < -0.39 is 0 Å². The third-order valence-electron chi connectivity index (χ3n) is 1.86. The number of carbonyl (C=O) groups is 1. The van der Waals surface area contributed by atoms with E-state index in [1.807, 2.05) is 12.1 Å². The van der Waals surface area contributed by atoms with Gasteiger partial charge >= 0.3 is 0 Å². The van der Waals surface area contributed by atoms with Crippen molar-refractivity contribution in [3.63, 3.8) is 0 Å². The van der Waals surface area contributed by atoms with Crippen LogP contribution in [0.1, 0.15) is 6.92 Å². The van der Waals surface area contributed by atoms with Crippen LogP contribution < -0.4 is 10.2 Å². The van der Waals surface area contributed by atoms with Crippen molar-refractivity contribution >= 4 is 17.4 Å². The molecule has 0 atom stereocenters. The lowest BCUT2D eigenvalue weighted by Crippen LogP contribution is -2.22. The average Bonchev–Trinajstić information content (AvgIpc) is 2.17. The number of rotatable bonds is 2. The Balaban J connectivity index is 2.85. The highest BCUT2D eigenvalue weighted by atomic mass is 16.2. The molecule has 0 aliphatic heterocycles. The summed E-state index contributed by atoms with van der Waals surface area (Å²) in [5.41, 5.74) is 0.798. The molecule has 0 bridgehead atoms. The van der Waals surface area contributed by atoms with Crippen LogP contribution in [0.4, 0.5) is 11.5 Å². The molecule has 0 unspecified atom stereocenters. The summed E-state index contributed by atoms with van der Waals surface area (Å²) in [5, 5.41) is 2.91. The summed E-state index contributed by atoms with van der Waals surface area (Å²) in [7, 11) is 3.52. The summed E-state index contributed by atoms with van der Waals surface area (Å²) in [5.74, 6) is 0.791. The predicted molar refractivity (Wildman–Crippen MR) is 52.9 cm³/mol. The number of aromatic nitrogens is 1. The lowest BCUT2D eigenvalue weighted by atomic mass is 10.3. The molecule has 1 aromatic heterocycles. The van der Waals surface area contributed by atoms with Crippen LogP contribution in [0, 0.1) is 0 Å². The third kappa shape index (κ3) is 2.18. The summed E-state index contributed by atoms with van der Waals surface area (Å²) >= 11 is 0. The Labute approximate surface area is 77.6 Å². The van der Waals surface area contributed by atoms with Gasteiger partial charge in [0.1, 0.15) is 5.82 Å². The fourth-order valence-electron chi connectivity index (χ4n) is 0.914. The van der Waals surface area contributed by atoms with Crippen LogP contribution in [0.25, 0.3) is 0 Å². The van der Waals surface area contributed by atoms with Gasteiger partial charge in [-0.1, -0.05) is 0 Å². The SMILES string of the molecule is CNc1ccc(N(C)C(C)=O)cn1. The van der Waals surface area contributed by atoms with Gasteiger partial charge in [-0.2, -0.15) is 0 Å². The molecule has 0 saturated heterocycles. The van der Waals surface area contributed by atoms with E-state index >= 15 is 0 Å². The van der Waals surface area contributed by atoms with Crippen LogP contribution in [0.3, 0.4) is 0 Å². The van der Waals surface area contributed by atoms with Gasteiger partial charge in [-0.3, -0.25) is 4.79 Å². The monoisotopic (exact) mass is 179 g/mol. The Bertz CT molecular complexity index is 294. The summed E-state index contributed by atoms with van der Waals surface area (Å²) in [6.07, 6.45) is 1.66. The zero-order valence-corrected chi connectivity index (χ0v) is 8.03. The van der Waals surface area contributed by atoms with Crippen molar-refractivity contribution < 1.29 is 4.79 Å². The maximum atomic E-state index is 11.0. The number of nitrogens with one attached hydrogen (secondary N) is 1.